The van der Waals surface area contributed by atoms with E-state index in [0.717, 1.165) is 5.82 Å². The smallest absolute Gasteiger partial charge is 0.183 e. The summed E-state index contributed by atoms with van der Waals surface area (Å²) in [6.45, 7) is 3.32. The molecule has 24 heavy (non-hydrogen) atoms. The van der Waals surface area contributed by atoms with Crippen LogP contribution in [-0.2, 0) is 13.1 Å². The number of Topliss-reactive ketones (excluding diaryl/α,β-unsaturated/α-hetero) is 1. The molecule has 0 atom stereocenters. The van der Waals surface area contributed by atoms with E-state index in [2.05, 4.69) is 20.5 Å². The molecule has 1 aliphatic heterocycles. The molecule has 2 aromatic heterocycles. The van der Waals surface area contributed by atoms with E-state index in [9.17, 15) is 9.18 Å². The number of benzene rings is 1. The molecule has 8 nitrogen and oxygen atoms in total. The zero-order chi connectivity index (χ0) is 16.7. The number of hydrogen-bond acceptors (Lipinski definition) is 6. The Bertz CT molecular complexity index is 899. The maximum Gasteiger partial charge on any atom is 0.183 e. The summed E-state index contributed by atoms with van der Waals surface area (Å²) in [5.41, 5.74) is 0.922. The van der Waals surface area contributed by atoms with E-state index in [0.29, 0.717) is 31.1 Å². The van der Waals surface area contributed by atoms with Crippen molar-refractivity contribution in [1.29, 1.82) is 0 Å². The lowest BCUT2D eigenvalue weighted by Crippen LogP contribution is -2.35. The quantitative estimate of drug-likeness (QED) is 0.673. The molecular formula is C15H14FN7O. The van der Waals surface area contributed by atoms with Gasteiger partial charge >= 0.3 is 0 Å². The van der Waals surface area contributed by atoms with E-state index in [4.69, 9.17) is 0 Å². The molecule has 1 aromatic carbocycles. The Kier molecular flexibility index (Phi) is 3.33. The van der Waals surface area contributed by atoms with Crippen LogP contribution in [0.5, 0.6) is 0 Å². The minimum atomic E-state index is -0.335. The fourth-order valence-electron chi connectivity index (χ4n) is 2.79. The first kappa shape index (κ1) is 14.5. The first-order valence-electron chi connectivity index (χ1n) is 7.47. The highest BCUT2D eigenvalue weighted by atomic mass is 19.1. The summed E-state index contributed by atoms with van der Waals surface area (Å²) in [6.07, 6.45) is 1.69. The van der Waals surface area contributed by atoms with E-state index in [-0.39, 0.29) is 17.3 Å². The Morgan fingerprint density at radius 3 is 2.71 bits per heavy atom. The van der Waals surface area contributed by atoms with Gasteiger partial charge in [0.15, 0.2) is 23.1 Å². The van der Waals surface area contributed by atoms with Crippen LogP contribution in [0.15, 0.2) is 30.6 Å². The lowest BCUT2D eigenvalue weighted by molar-refractivity contribution is 0.101. The molecule has 0 unspecified atom stereocenters. The maximum absolute atomic E-state index is 13.2. The van der Waals surface area contributed by atoms with Crippen LogP contribution in [0.2, 0.25) is 0 Å². The fraction of sp³-hybridized carbons (Fsp3) is 0.267. The zero-order valence-electron chi connectivity index (χ0n) is 12.9. The minimum Gasteiger partial charge on any atom is -0.345 e. The molecule has 0 spiro atoms. The number of aromatic nitrogens is 6. The molecule has 4 rings (SSSR count). The summed E-state index contributed by atoms with van der Waals surface area (Å²) in [5.74, 6) is 0.884. The number of anilines is 1. The van der Waals surface area contributed by atoms with Gasteiger partial charge in [0.25, 0.3) is 0 Å². The van der Waals surface area contributed by atoms with Gasteiger partial charge in [0.2, 0.25) is 0 Å². The summed E-state index contributed by atoms with van der Waals surface area (Å²) >= 11 is 0. The van der Waals surface area contributed by atoms with Gasteiger partial charge < -0.3 is 9.47 Å². The lowest BCUT2D eigenvalue weighted by Gasteiger charge is -2.29. The highest BCUT2D eigenvalue weighted by Gasteiger charge is 2.27. The Hall–Kier alpha value is -3.10. The van der Waals surface area contributed by atoms with E-state index < -0.39 is 0 Å². The van der Waals surface area contributed by atoms with Gasteiger partial charge in [-0.25, -0.2) is 4.39 Å². The summed E-state index contributed by atoms with van der Waals surface area (Å²) in [4.78, 5) is 14.0. The topological polar surface area (TPSA) is 81.7 Å². The third kappa shape index (κ3) is 2.34. The molecular weight excluding hydrogens is 313 g/mol. The summed E-state index contributed by atoms with van der Waals surface area (Å²) in [7, 11) is 0. The monoisotopic (exact) mass is 327 g/mol. The first-order chi connectivity index (χ1) is 11.6. The van der Waals surface area contributed by atoms with Crippen molar-refractivity contribution in [2.24, 2.45) is 0 Å². The van der Waals surface area contributed by atoms with Crippen LogP contribution in [0, 0.1) is 5.82 Å². The van der Waals surface area contributed by atoms with Crippen molar-refractivity contribution < 1.29 is 9.18 Å². The van der Waals surface area contributed by atoms with Crippen LogP contribution in [0.3, 0.4) is 0 Å². The van der Waals surface area contributed by atoms with Crippen molar-refractivity contribution in [3.05, 3.63) is 47.9 Å². The number of hydrogen-bond donors (Lipinski definition) is 0. The summed E-state index contributed by atoms with van der Waals surface area (Å²) < 4.78 is 16.7. The predicted molar refractivity (Wildman–Crippen MR) is 82.4 cm³/mol. The van der Waals surface area contributed by atoms with Gasteiger partial charge in [-0.3, -0.25) is 4.79 Å². The number of halogens is 1. The van der Waals surface area contributed by atoms with Crippen LogP contribution in [0.25, 0.3) is 5.69 Å². The van der Waals surface area contributed by atoms with Crippen LogP contribution in [-0.4, -0.2) is 42.1 Å². The second-order valence-electron chi connectivity index (χ2n) is 5.57. The Morgan fingerprint density at radius 2 is 1.96 bits per heavy atom. The zero-order valence-corrected chi connectivity index (χ0v) is 12.9. The molecule has 3 heterocycles. The van der Waals surface area contributed by atoms with Gasteiger partial charge in [-0.05, 0) is 24.3 Å². The molecule has 0 amide bonds. The molecule has 9 heteroatoms. The normalized spacial score (nSPS) is 13.8. The van der Waals surface area contributed by atoms with Crippen molar-refractivity contribution in [3.8, 4) is 5.69 Å². The van der Waals surface area contributed by atoms with E-state index in [1.807, 2.05) is 9.47 Å². The number of fused-ring (bicyclic) bond motifs is 1. The van der Waals surface area contributed by atoms with Crippen LogP contribution in [0.1, 0.15) is 23.2 Å². The van der Waals surface area contributed by atoms with Crippen molar-refractivity contribution in [3.63, 3.8) is 0 Å². The molecule has 0 bridgehead atoms. The molecule has 1 aliphatic rings. The SMILES string of the molecule is CC(=O)c1nnn(-c2ccc(F)cc2)c1N1CCn2cnnc2C1. The predicted octanol–water partition coefficient (Wildman–Crippen LogP) is 1.22. The van der Waals surface area contributed by atoms with Gasteiger partial charge in [-0.1, -0.05) is 5.21 Å². The van der Waals surface area contributed by atoms with E-state index in [1.54, 1.807) is 23.1 Å². The number of ketones is 1. The van der Waals surface area contributed by atoms with Crippen LogP contribution < -0.4 is 4.90 Å². The van der Waals surface area contributed by atoms with Crippen molar-refractivity contribution in [2.75, 3.05) is 11.4 Å². The van der Waals surface area contributed by atoms with Gasteiger partial charge in [-0.2, -0.15) is 4.68 Å². The van der Waals surface area contributed by atoms with Gasteiger partial charge in [0.05, 0.1) is 12.2 Å². The van der Waals surface area contributed by atoms with Crippen molar-refractivity contribution >= 4 is 11.6 Å². The summed E-state index contributed by atoms with van der Waals surface area (Å²) in [6, 6.07) is 5.90. The molecule has 0 N–H and O–H groups in total. The van der Waals surface area contributed by atoms with Crippen molar-refractivity contribution in [1.82, 2.24) is 29.8 Å². The molecule has 0 saturated heterocycles. The minimum absolute atomic E-state index is 0.176. The third-order valence-electron chi connectivity index (χ3n) is 3.99. The number of carbonyl (C=O) groups excluding carboxylic acids is 1. The Labute approximate surface area is 136 Å². The maximum atomic E-state index is 13.2. The molecule has 0 radical (unpaired) electrons. The molecule has 122 valence electrons. The summed E-state index contributed by atoms with van der Waals surface area (Å²) in [5, 5.41) is 16.1. The lowest BCUT2D eigenvalue weighted by atomic mass is 10.2. The van der Waals surface area contributed by atoms with Crippen LogP contribution in [0.4, 0.5) is 10.2 Å². The van der Waals surface area contributed by atoms with Gasteiger partial charge in [0, 0.05) is 20.0 Å². The first-order valence-corrected chi connectivity index (χ1v) is 7.47. The van der Waals surface area contributed by atoms with E-state index >= 15 is 0 Å². The van der Waals surface area contributed by atoms with Gasteiger partial charge in [-0.15, -0.1) is 15.3 Å². The fourth-order valence-corrected chi connectivity index (χ4v) is 2.79. The van der Waals surface area contributed by atoms with Crippen LogP contribution >= 0.6 is 0 Å². The molecule has 0 aliphatic carbocycles. The average molecular weight is 327 g/mol. The van der Waals surface area contributed by atoms with Gasteiger partial charge in [0.1, 0.15) is 12.1 Å². The third-order valence-corrected chi connectivity index (χ3v) is 3.99. The second kappa shape index (κ2) is 5.52. The second-order valence-corrected chi connectivity index (χ2v) is 5.57. The largest absolute Gasteiger partial charge is 0.345 e. The average Bonchev–Trinajstić information content (AvgIpc) is 3.21. The Morgan fingerprint density at radius 1 is 1.17 bits per heavy atom. The van der Waals surface area contributed by atoms with Crippen molar-refractivity contribution in [2.45, 2.75) is 20.0 Å². The molecule has 3 aromatic rings. The Balaban J connectivity index is 1.80. The number of nitrogens with zero attached hydrogens (tertiary/aromatic N) is 7. The highest BCUT2D eigenvalue weighted by molar-refractivity contribution is 5.97. The number of rotatable bonds is 3. The number of carbonyl (C=O) groups is 1. The molecule has 0 fully saturated rings. The molecule has 0 saturated carbocycles. The highest BCUT2D eigenvalue weighted by Crippen LogP contribution is 2.26. The standard InChI is InChI=1S/C15H14FN7O/c1-10(24)14-15(21-6-7-22-9-17-18-13(22)8-21)23(20-19-14)12-4-2-11(16)3-5-12/h2-5,9H,6-8H2,1H3. The van der Waals surface area contributed by atoms with E-state index in [1.165, 1.54) is 19.1 Å².